The summed E-state index contributed by atoms with van der Waals surface area (Å²) in [5.41, 5.74) is 1.99. The van der Waals surface area contributed by atoms with Crippen molar-refractivity contribution in [3.63, 3.8) is 0 Å². The summed E-state index contributed by atoms with van der Waals surface area (Å²) in [4.78, 5) is 4.23. The number of hydrogen-bond donors (Lipinski definition) is 1. The number of alkyl halides is 2. The van der Waals surface area contributed by atoms with Gasteiger partial charge in [0.1, 0.15) is 11.8 Å². The summed E-state index contributed by atoms with van der Waals surface area (Å²) in [6, 6.07) is 11.8. The Morgan fingerprint density at radius 3 is 2.60 bits per heavy atom. The van der Waals surface area contributed by atoms with E-state index in [2.05, 4.69) is 9.71 Å². The first-order valence-electron chi connectivity index (χ1n) is 9.68. The molecule has 6 nitrogen and oxygen atoms in total. The summed E-state index contributed by atoms with van der Waals surface area (Å²) < 4.78 is 59.9. The quantitative estimate of drug-likeness (QED) is 0.715. The van der Waals surface area contributed by atoms with E-state index >= 15 is 0 Å². The standard InChI is InChI=1S/C21H23F2N3O3S/c1-2-30(27,28)26-20-9-10-21(22,23)11-17(20)14-29-18-6-4-16(5-7-18)19-8-3-15(12-24)13-25-19/h3-8,13,17,20,26H,2,9-11,14H2,1H3/t17-,20-/m0/s1. The van der Waals surface area contributed by atoms with Crippen LogP contribution in [0.5, 0.6) is 5.75 Å². The zero-order valence-electron chi connectivity index (χ0n) is 16.5. The normalized spacial score (nSPS) is 21.0. The van der Waals surface area contributed by atoms with Crippen molar-refractivity contribution in [1.29, 1.82) is 5.26 Å². The van der Waals surface area contributed by atoms with E-state index in [9.17, 15) is 17.2 Å². The second-order valence-electron chi connectivity index (χ2n) is 7.37. The highest BCUT2D eigenvalue weighted by molar-refractivity contribution is 7.89. The molecule has 9 heteroatoms. The van der Waals surface area contributed by atoms with Gasteiger partial charge in [0, 0.05) is 36.6 Å². The van der Waals surface area contributed by atoms with Gasteiger partial charge in [-0.25, -0.2) is 21.9 Å². The lowest BCUT2D eigenvalue weighted by molar-refractivity contribution is -0.0660. The van der Waals surface area contributed by atoms with Gasteiger partial charge in [-0.1, -0.05) is 0 Å². The molecule has 1 heterocycles. The molecule has 1 aromatic heterocycles. The number of halogens is 2. The summed E-state index contributed by atoms with van der Waals surface area (Å²) in [5, 5.41) is 8.84. The molecule has 0 amide bonds. The number of benzene rings is 1. The number of hydrogen-bond acceptors (Lipinski definition) is 5. The van der Waals surface area contributed by atoms with Crippen LogP contribution in [0.15, 0.2) is 42.6 Å². The molecular weight excluding hydrogens is 412 g/mol. The fourth-order valence-electron chi connectivity index (χ4n) is 3.43. The summed E-state index contributed by atoms with van der Waals surface area (Å²) in [7, 11) is -3.49. The molecule has 0 aliphatic heterocycles. The van der Waals surface area contributed by atoms with Gasteiger partial charge in [-0.15, -0.1) is 0 Å². The van der Waals surface area contributed by atoms with Crippen molar-refractivity contribution < 1.29 is 21.9 Å². The van der Waals surface area contributed by atoms with Crippen LogP contribution in [0, 0.1) is 17.2 Å². The number of nitrogens with zero attached hydrogens (tertiary/aromatic N) is 2. The maximum atomic E-state index is 13.9. The summed E-state index contributed by atoms with van der Waals surface area (Å²) in [6.45, 7) is 1.50. The van der Waals surface area contributed by atoms with Gasteiger partial charge in [0.2, 0.25) is 15.9 Å². The maximum Gasteiger partial charge on any atom is 0.248 e. The van der Waals surface area contributed by atoms with Gasteiger partial charge in [-0.3, -0.25) is 4.98 Å². The first-order chi connectivity index (χ1) is 14.2. The molecule has 3 rings (SSSR count). The van der Waals surface area contributed by atoms with Gasteiger partial charge in [0.25, 0.3) is 0 Å². The van der Waals surface area contributed by atoms with Crippen LogP contribution < -0.4 is 9.46 Å². The van der Waals surface area contributed by atoms with Gasteiger partial charge in [0.05, 0.1) is 23.6 Å². The molecule has 30 heavy (non-hydrogen) atoms. The largest absolute Gasteiger partial charge is 0.493 e. The Labute approximate surface area is 174 Å². The average Bonchev–Trinajstić information content (AvgIpc) is 2.74. The van der Waals surface area contributed by atoms with Crippen LogP contribution in [0.2, 0.25) is 0 Å². The van der Waals surface area contributed by atoms with E-state index < -0.39 is 34.3 Å². The highest BCUT2D eigenvalue weighted by Gasteiger charge is 2.42. The lowest BCUT2D eigenvalue weighted by Gasteiger charge is -2.36. The van der Waals surface area contributed by atoms with Crippen LogP contribution in [-0.4, -0.2) is 37.7 Å². The predicted molar refractivity (Wildman–Crippen MR) is 109 cm³/mol. The molecule has 1 N–H and O–H groups in total. The first kappa shape index (κ1) is 22.1. The molecule has 0 spiro atoms. The minimum absolute atomic E-state index is 0.0129. The number of rotatable bonds is 7. The molecule has 2 aromatic rings. The van der Waals surface area contributed by atoms with E-state index in [0.29, 0.717) is 17.0 Å². The van der Waals surface area contributed by atoms with Crippen molar-refractivity contribution in [1.82, 2.24) is 9.71 Å². The predicted octanol–water partition coefficient (Wildman–Crippen LogP) is 3.74. The Kier molecular flexibility index (Phi) is 6.68. The molecular formula is C21H23F2N3O3S. The fourth-order valence-corrected chi connectivity index (χ4v) is 4.37. The summed E-state index contributed by atoms with van der Waals surface area (Å²) >= 11 is 0. The number of nitrogens with one attached hydrogen (secondary N) is 1. The molecule has 1 saturated carbocycles. The molecule has 160 valence electrons. The number of ether oxygens (including phenoxy) is 1. The number of nitriles is 1. The zero-order chi connectivity index (χ0) is 21.8. The zero-order valence-corrected chi connectivity index (χ0v) is 17.3. The van der Waals surface area contributed by atoms with Crippen molar-refractivity contribution in [3.05, 3.63) is 48.2 Å². The Hall–Kier alpha value is -2.57. The van der Waals surface area contributed by atoms with Crippen LogP contribution in [-0.2, 0) is 10.0 Å². The van der Waals surface area contributed by atoms with Crippen molar-refractivity contribution in [3.8, 4) is 23.1 Å². The monoisotopic (exact) mass is 435 g/mol. The number of aromatic nitrogens is 1. The molecule has 1 aliphatic carbocycles. The smallest absolute Gasteiger partial charge is 0.248 e. The molecule has 1 fully saturated rings. The van der Waals surface area contributed by atoms with Crippen molar-refractivity contribution in [2.24, 2.45) is 5.92 Å². The third kappa shape index (κ3) is 5.74. The SMILES string of the molecule is CCS(=O)(=O)N[C@H]1CCC(F)(F)C[C@H]1COc1ccc(-c2ccc(C#N)cn2)cc1. The Bertz CT molecular complexity index is 1000. The van der Waals surface area contributed by atoms with Crippen LogP contribution in [0.3, 0.4) is 0 Å². The summed E-state index contributed by atoms with van der Waals surface area (Å²) in [6.07, 6.45) is 0.799. The molecule has 0 bridgehead atoms. The van der Waals surface area contributed by atoms with Gasteiger partial charge in [-0.2, -0.15) is 5.26 Å². The van der Waals surface area contributed by atoms with E-state index in [-0.39, 0.29) is 25.2 Å². The highest BCUT2D eigenvalue weighted by Crippen LogP contribution is 2.37. The highest BCUT2D eigenvalue weighted by atomic mass is 32.2. The molecule has 1 aromatic carbocycles. The van der Waals surface area contributed by atoms with Crippen molar-refractivity contribution in [2.75, 3.05) is 12.4 Å². The Morgan fingerprint density at radius 2 is 2.00 bits per heavy atom. The van der Waals surface area contributed by atoms with Crippen molar-refractivity contribution >= 4 is 10.0 Å². The van der Waals surface area contributed by atoms with Gasteiger partial charge < -0.3 is 4.74 Å². The van der Waals surface area contributed by atoms with Crippen molar-refractivity contribution in [2.45, 2.75) is 38.2 Å². The molecule has 0 saturated heterocycles. The summed E-state index contributed by atoms with van der Waals surface area (Å²) in [5.74, 6) is -3.06. The number of pyridine rings is 1. The van der Waals surface area contributed by atoms with Crippen LogP contribution >= 0.6 is 0 Å². The van der Waals surface area contributed by atoms with Gasteiger partial charge in [0.15, 0.2) is 0 Å². The average molecular weight is 435 g/mol. The molecule has 0 unspecified atom stereocenters. The van der Waals surface area contributed by atoms with Crippen LogP contribution in [0.25, 0.3) is 11.3 Å². The fraction of sp³-hybridized carbons (Fsp3) is 0.429. The van der Waals surface area contributed by atoms with Crippen LogP contribution in [0.4, 0.5) is 8.78 Å². The molecule has 0 radical (unpaired) electrons. The van der Waals surface area contributed by atoms with E-state index in [4.69, 9.17) is 10.00 Å². The first-order valence-corrected chi connectivity index (χ1v) is 11.3. The second-order valence-corrected chi connectivity index (χ2v) is 9.41. The van der Waals surface area contributed by atoms with E-state index in [1.54, 1.807) is 36.4 Å². The number of sulfonamides is 1. The van der Waals surface area contributed by atoms with E-state index in [1.807, 2.05) is 6.07 Å². The van der Waals surface area contributed by atoms with E-state index in [1.165, 1.54) is 13.1 Å². The third-order valence-corrected chi connectivity index (χ3v) is 6.59. The van der Waals surface area contributed by atoms with Crippen LogP contribution in [0.1, 0.15) is 31.7 Å². The molecule has 2 atom stereocenters. The molecule has 1 aliphatic rings. The lowest BCUT2D eigenvalue weighted by Crippen LogP contribution is -2.48. The maximum absolute atomic E-state index is 13.9. The second kappa shape index (κ2) is 9.06. The van der Waals surface area contributed by atoms with E-state index in [0.717, 1.165) is 5.56 Å². The Morgan fingerprint density at radius 1 is 1.27 bits per heavy atom. The van der Waals surface area contributed by atoms with Gasteiger partial charge >= 0.3 is 0 Å². The lowest BCUT2D eigenvalue weighted by atomic mass is 9.83. The minimum atomic E-state index is -3.49. The minimum Gasteiger partial charge on any atom is -0.493 e. The topological polar surface area (TPSA) is 92.1 Å². The Balaban J connectivity index is 1.66. The van der Waals surface area contributed by atoms with Gasteiger partial charge in [-0.05, 0) is 49.7 Å². The third-order valence-electron chi connectivity index (χ3n) is 5.17.